The van der Waals surface area contributed by atoms with E-state index in [1.165, 1.54) is 5.56 Å². The molecule has 27 heavy (non-hydrogen) atoms. The average molecular weight is 371 g/mol. The maximum Gasteiger partial charge on any atom is 0.259 e. The first-order valence-corrected chi connectivity index (χ1v) is 10.1. The van der Waals surface area contributed by atoms with Crippen LogP contribution in [-0.4, -0.2) is 41.3 Å². The molecule has 2 aliphatic heterocycles. The SMILES string of the molecule is CCOC1(c2nc([C@H]3CCCO3)no2)CCN(C(C)c2ccccc2)CC1. The Morgan fingerprint density at radius 1 is 1.26 bits per heavy atom. The smallest absolute Gasteiger partial charge is 0.259 e. The van der Waals surface area contributed by atoms with Gasteiger partial charge in [-0.1, -0.05) is 35.5 Å². The summed E-state index contributed by atoms with van der Waals surface area (Å²) in [7, 11) is 0. The first-order valence-electron chi connectivity index (χ1n) is 10.1. The van der Waals surface area contributed by atoms with Gasteiger partial charge in [-0.15, -0.1) is 0 Å². The lowest BCUT2D eigenvalue weighted by atomic mass is 9.89. The van der Waals surface area contributed by atoms with E-state index in [1.54, 1.807) is 0 Å². The summed E-state index contributed by atoms with van der Waals surface area (Å²) in [5.41, 5.74) is 0.866. The molecule has 0 aliphatic carbocycles. The van der Waals surface area contributed by atoms with Crippen LogP contribution in [0.25, 0.3) is 0 Å². The van der Waals surface area contributed by atoms with Gasteiger partial charge in [0.05, 0.1) is 0 Å². The third-order valence-corrected chi connectivity index (χ3v) is 5.91. The summed E-state index contributed by atoms with van der Waals surface area (Å²) in [6.45, 7) is 7.58. The summed E-state index contributed by atoms with van der Waals surface area (Å²) in [6, 6.07) is 11.0. The third kappa shape index (κ3) is 3.79. The summed E-state index contributed by atoms with van der Waals surface area (Å²) in [5.74, 6) is 1.28. The van der Waals surface area contributed by atoms with Crippen molar-refractivity contribution in [2.75, 3.05) is 26.3 Å². The predicted molar refractivity (Wildman–Crippen MR) is 101 cm³/mol. The minimum Gasteiger partial charge on any atom is -0.370 e. The number of likely N-dealkylation sites (tertiary alicyclic amines) is 1. The fraction of sp³-hybridized carbons (Fsp3) is 0.619. The van der Waals surface area contributed by atoms with Crippen molar-refractivity contribution in [2.45, 2.75) is 57.3 Å². The molecule has 0 saturated carbocycles. The molecule has 2 aromatic rings. The number of hydrogen-bond donors (Lipinski definition) is 0. The summed E-state index contributed by atoms with van der Waals surface area (Å²) >= 11 is 0. The van der Waals surface area contributed by atoms with Crippen molar-refractivity contribution in [3.63, 3.8) is 0 Å². The Bertz CT molecular complexity index is 719. The topological polar surface area (TPSA) is 60.6 Å². The van der Waals surface area contributed by atoms with Gasteiger partial charge in [-0.3, -0.25) is 4.90 Å². The minimum absolute atomic E-state index is 0.0284. The van der Waals surface area contributed by atoms with Crippen LogP contribution in [0, 0.1) is 0 Å². The summed E-state index contributed by atoms with van der Waals surface area (Å²) in [6.07, 6.45) is 3.69. The monoisotopic (exact) mass is 371 g/mol. The van der Waals surface area contributed by atoms with E-state index in [2.05, 4.69) is 52.3 Å². The number of hydrogen-bond acceptors (Lipinski definition) is 6. The van der Waals surface area contributed by atoms with Crippen LogP contribution in [0.3, 0.4) is 0 Å². The van der Waals surface area contributed by atoms with Crippen LogP contribution in [0.5, 0.6) is 0 Å². The highest BCUT2D eigenvalue weighted by atomic mass is 16.5. The second kappa shape index (κ2) is 8.09. The van der Waals surface area contributed by atoms with E-state index in [1.807, 2.05) is 6.92 Å². The largest absolute Gasteiger partial charge is 0.370 e. The number of piperidine rings is 1. The highest BCUT2D eigenvalue weighted by Gasteiger charge is 2.43. The maximum atomic E-state index is 6.20. The summed E-state index contributed by atoms with van der Waals surface area (Å²) in [4.78, 5) is 7.19. The van der Waals surface area contributed by atoms with Crippen molar-refractivity contribution in [3.8, 4) is 0 Å². The zero-order valence-corrected chi connectivity index (χ0v) is 16.3. The van der Waals surface area contributed by atoms with E-state index in [0.29, 0.717) is 24.4 Å². The van der Waals surface area contributed by atoms with E-state index < -0.39 is 5.60 Å². The summed E-state index contributed by atoms with van der Waals surface area (Å²) in [5, 5.41) is 4.20. The van der Waals surface area contributed by atoms with Crippen molar-refractivity contribution in [1.29, 1.82) is 0 Å². The molecule has 6 heteroatoms. The maximum absolute atomic E-state index is 6.20. The van der Waals surface area contributed by atoms with E-state index >= 15 is 0 Å². The highest BCUT2D eigenvalue weighted by Crippen LogP contribution is 2.39. The molecule has 0 spiro atoms. The molecule has 1 aromatic heterocycles. The van der Waals surface area contributed by atoms with Gasteiger partial charge in [-0.25, -0.2) is 0 Å². The molecular weight excluding hydrogens is 342 g/mol. The Morgan fingerprint density at radius 2 is 2.04 bits per heavy atom. The van der Waals surface area contributed by atoms with Gasteiger partial charge in [0.25, 0.3) is 5.89 Å². The minimum atomic E-state index is -0.481. The second-order valence-corrected chi connectivity index (χ2v) is 7.51. The molecular formula is C21H29N3O3. The molecule has 0 bridgehead atoms. The molecule has 6 nitrogen and oxygen atoms in total. The first kappa shape index (κ1) is 18.6. The molecule has 2 saturated heterocycles. The van der Waals surface area contributed by atoms with Crippen LogP contribution in [0.1, 0.15) is 69.0 Å². The fourth-order valence-corrected chi connectivity index (χ4v) is 4.24. The molecule has 0 N–H and O–H groups in total. The third-order valence-electron chi connectivity index (χ3n) is 5.91. The van der Waals surface area contributed by atoms with Crippen LogP contribution in [0.4, 0.5) is 0 Å². The van der Waals surface area contributed by atoms with E-state index in [0.717, 1.165) is 45.4 Å². The van der Waals surface area contributed by atoms with Crippen LogP contribution >= 0.6 is 0 Å². The van der Waals surface area contributed by atoms with Crippen molar-refractivity contribution in [2.24, 2.45) is 0 Å². The van der Waals surface area contributed by atoms with Crippen LogP contribution in [0.2, 0.25) is 0 Å². The Labute approximate surface area is 160 Å². The zero-order valence-electron chi connectivity index (χ0n) is 16.3. The second-order valence-electron chi connectivity index (χ2n) is 7.51. The molecule has 146 valence electrons. The number of rotatable bonds is 6. The molecule has 2 atom stereocenters. The van der Waals surface area contributed by atoms with Gasteiger partial charge in [-0.2, -0.15) is 4.98 Å². The Kier molecular flexibility index (Phi) is 5.57. The molecule has 0 radical (unpaired) electrons. The lowest BCUT2D eigenvalue weighted by molar-refractivity contribution is -0.108. The van der Waals surface area contributed by atoms with E-state index in [-0.39, 0.29) is 6.10 Å². The quantitative estimate of drug-likeness (QED) is 0.765. The summed E-state index contributed by atoms with van der Waals surface area (Å²) < 4.78 is 17.6. The normalized spacial score (nSPS) is 24.1. The van der Waals surface area contributed by atoms with Crippen molar-refractivity contribution in [1.82, 2.24) is 15.0 Å². The number of ether oxygens (including phenoxy) is 2. The molecule has 1 unspecified atom stereocenters. The van der Waals surface area contributed by atoms with Gasteiger partial charge in [0.2, 0.25) is 5.82 Å². The van der Waals surface area contributed by atoms with Gasteiger partial charge in [-0.05, 0) is 45.1 Å². The van der Waals surface area contributed by atoms with Crippen molar-refractivity contribution >= 4 is 0 Å². The highest BCUT2D eigenvalue weighted by molar-refractivity contribution is 5.18. The average Bonchev–Trinajstić information content (AvgIpc) is 3.41. The lowest BCUT2D eigenvalue weighted by Gasteiger charge is -2.41. The van der Waals surface area contributed by atoms with Crippen LogP contribution < -0.4 is 0 Å². The van der Waals surface area contributed by atoms with E-state index in [9.17, 15) is 0 Å². The van der Waals surface area contributed by atoms with Gasteiger partial charge in [0.1, 0.15) is 11.7 Å². The van der Waals surface area contributed by atoms with Crippen LogP contribution in [-0.2, 0) is 15.1 Å². The van der Waals surface area contributed by atoms with Gasteiger partial charge in [0, 0.05) is 32.3 Å². The molecule has 2 aliphatic rings. The van der Waals surface area contributed by atoms with Gasteiger partial charge in [0.15, 0.2) is 0 Å². The number of benzene rings is 1. The van der Waals surface area contributed by atoms with Crippen molar-refractivity contribution in [3.05, 3.63) is 47.6 Å². The van der Waals surface area contributed by atoms with E-state index in [4.69, 9.17) is 14.0 Å². The van der Waals surface area contributed by atoms with Gasteiger partial charge < -0.3 is 14.0 Å². The predicted octanol–water partition coefficient (Wildman–Crippen LogP) is 4.01. The van der Waals surface area contributed by atoms with Gasteiger partial charge >= 0.3 is 0 Å². The molecule has 3 heterocycles. The fourth-order valence-electron chi connectivity index (χ4n) is 4.24. The Hall–Kier alpha value is -1.76. The first-order chi connectivity index (χ1) is 13.2. The number of nitrogens with zero attached hydrogens (tertiary/aromatic N) is 3. The Morgan fingerprint density at radius 3 is 2.70 bits per heavy atom. The molecule has 1 aromatic carbocycles. The standard InChI is InChI=1S/C21H29N3O3/c1-3-26-21(20-22-19(23-27-20)18-10-7-15-25-18)11-13-24(14-12-21)16(2)17-8-5-4-6-9-17/h4-6,8-9,16,18H,3,7,10-15H2,1-2H3/t16?,18-/m1/s1. The molecule has 4 rings (SSSR count). The Balaban J connectivity index is 1.47. The zero-order chi connectivity index (χ0) is 18.7. The lowest BCUT2D eigenvalue weighted by Crippen LogP contribution is -2.45. The molecule has 2 fully saturated rings. The van der Waals surface area contributed by atoms with Crippen LogP contribution in [0.15, 0.2) is 34.9 Å². The number of aromatic nitrogens is 2. The molecule has 0 amide bonds. The van der Waals surface area contributed by atoms with Crippen molar-refractivity contribution < 1.29 is 14.0 Å².